The summed E-state index contributed by atoms with van der Waals surface area (Å²) in [5, 5.41) is 0. The van der Waals surface area contributed by atoms with E-state index in [0.717, 1.165) is 6.04 Å². The molecule has 0 saturated heterocycles. The summed E-state index contributed by atoms with van der Waals surface area (Å²) in [5.74, 6) is 0. The molecule has 6 heteroatoms. The van der Waals surface area contributed by atoms with Crippen LogP contribution in [0.5, 0.6) is 0 Å². The zero-order chi connectivity index (χ0) is 15.6. The monoisotopic (exact) mass is 321 g/mol. The van der Waals surface area contributed by atoms with E-state index in [9.17, 15) is 0 Å². The maximum atomic E-state index is 6.49. The molecule has 2 N–H and O–H groups in total. The lowest BCUT2D eigenvalue weighted by atomic mass is 10.7. The average Bonchev–Trinajstić information content (AvgIpc) is 2.47. The van der Waals surface area contributed by atoms with Gasteiger partial charge < -0.3 is 19.0 Å². The lowest BCUT2D eigenvalue weighted by Crippen LogP contribution is -2.57. The third-order valence-electron chi connectivity index (χ3n) is 4.54. The molecule has 20 heavy (non-hydrogen) atoms. The average molecular weight is 322 g/mol. The smallest absolute Gasteiger partial charge is 0.374 e. The third kappa shape index (κ3) is 5.23. The van der Waals surface area contributed by atoms with Crippen LogP contribution in [0.3, 0.4) is 0 Å². The topological polar surface area (TPSA) is 53.7 Å². The van der Waals surface area contributed by atoms with Gasteiger partial charge in [0.05, 0.1) is 14.7 Å². The molecule has 0 fully saturated rings. The van der Waals surface area contributed by atoms with Gasteiger partial charge in [-0.25, -0.2) is 0 Å². The Labute approximate surface area is 127 Å². The van der Waals surface area contributed by atoms with Crippen molar-refractivity contribution >= 4 is 16.9 Å². The second-order valence-electron chi connectivity index (χ2n) is 5.24. The van der Waals surface area contributed by atoms with Crippen LogP contribution >= 0.6 is 0 Å². The number of rotatable bonds is 12. The zero-order valence-corrected chi connectivity index (χ0v) is 16.3. The standard InChI is InChI=1S/C14H35NO3Si2/c1-7-16-20(12-6,17-8-2)18-13-14(15)19(9-3,10-4)11-5/h14H,7-13,15H2,1-6H3. The lowest BCUT2D eigenvalue weighted by molar-refractivity contribution is 0.0677. The van der Waals surface area contributed by atoms with Gasteiger partial charge >= 0.3 is 8.80 Å². The lowest BCUT2D eigenvalue weighted by Gasteiger charge is -2.37. The molecule has 0 radical (unpaired) electrons. The summed E-state index contributed by atoms with van der Waals surface area (Å²) in [6.45, 7) is 14.7. The second-order valence-corrected chi connectivity index (χ2v) is 13.8. The molecule has 0 aromatic heterocycles. The fourth-order valence-electron chi connectivity index (χ4n) is 2.80. The van der Waals surface area contributed by atoms with Crippen molar-refractivity contribution in [1.82, 2.24) is 0 Å². The van der Waals surface area contributed by atoms with Crippen molar-refractivity contribution in [3.05, 3.63) is 0 Å². The molecule has 0 aliphatic carbocycles. The van der Waals surface area contributed by atoms with Crippen LogP contribution in [0.15, 0.2) is 0 Å². The molecular weight excluding hydrogens is 286 g/mol. The Morgan fingerprint density at radius 3 is 1.50 bits per heavy atom. The first-order chi connectivity index (χ1) is 9.49. The molecule has 0 aliphatic heterocycles. The molecule has 0 spiro atoms. The zero-order valence-electron chi connectivity index (χ0n) is 14.3. The van der Waals surface area contributed by atoms with Gasteiger partial charge in [-0.1, -0.05) is 45.8 Å². The van der Waals surface area contributed by atoms with E-state index in [4.69, 9.17) is 19.0 Å². The summed E-state index contributed by atoms with van der Waals surface area (Å²) in [5.41, 5.74) is 6.65. The highest BCUT2D eigenvalue weighted by Gasteiger charge is 2.41. The third-order valence-corrected chi connectivity index (χ3v) is 13.4. The highest BCUT2D eigenvalue weighted by atomic mass is 28.4. The van der Waals surface area contributed by atoms with E-state index >= 15 is 0 Å². The Bertz CT molecular complexity index is 236. The van der Waals surface area contributed by atoms with Crippen molar-refractivity contribution in [3.8, 4) is 0 Å². The molecule has 0 bridgehead atoms. The minimum atomic E-state index is -2.51. The molecule has 0 amide bonds. The van der Waals surface area contributed by atoms with Gasteiger partial charge in [-0.05, 0) is 13.8 Å². The normalized spacial score (nSPS) is 14.6. The second kappa shape index (κ2) is 10.1. The SMILES string of the molecule is CCO[Si](CC)(OCC)OCC(N)[Si](CC)(CC)CC. The van der Waals surface area contributed by atoms with Gasteiger partial charge in [0, 0.05) is 24.9 Å². The van der Waals surface area contributed by atoms with Gasteiger partial charge in [-0.2, -0.15) is 0 Å². The quantitative estimate of drug-likeness (QED) is 0.560. The summed E-state index contributed by atoms with van der Waals surface area (Å²) in [6, 6.07) is 4.46. The Kier molecular flexibility index (Phi) is 10.2. The van der Waals surface area contributed by atoms with Gasteiger partial charge in [0.15, 0.2) is 0 Å². The summed E-state index contributed by atoms with van der Waals surface area (Å²) in [4.78, 5) is 0. The Morgan fingerprint density at radius 2 is 1.20 bits per heavy atom. The first-order valence-corrected chi connectivity index (χ1v) is 12.8. The van der Waals surface area contributed by atoms with E-state index in [0.29, 0.717) is 19.8 Å². The predicted octanol–water partition coefficient (Wildman–Crippen LogP) is 3.41. The minimum absolute atomic E-state index is 0.168. The molecule has 0 saturated carbocycles. The molecule has 4 nitrogen and oxygen atoms in total. The van der Waals surface area contributed by atoms with Gasteiger partial charge in [0.2, 0.25) is 0 Å². The number of hydrogen-bond acceptors (Lipinski definition) is 4. The van der Waals surface area contributed by atoms with Crippen molar-refractivity contribution in [2.45, 2.75) is 71.4 Å². The summed E-state index contributed by atoms with van der Waals surface area (Å²) in [7, 11) is -3.92. The molecule has 0 rings (SSSR count). The van der Waals surface area contributed by atoms with Gasteiger partial charge in [0.25, 0.3) is 0 Å². The van der Waals surface area contributed by atoms with Crippen molar-refractivity contribution in [3.63, 3.8) is 0 Å². The maximum Gasteiger partial charge on any atom is 0.500 e. The number of nitrogens with two attached hydrogens (primary N) is 1. The molecule has 1 atom stereocenters. The van der Waals surface area contributed by atoms with E-state index in [2.05, 4.69) is 27.7 Å². The number of hydrogen-bond donors (Lipinski definition) is 1. The first kappa shape index (κ1) is 20.3. The summed E-state index contributed by atoms with van der Waals surface area (Å²) in [6.07, 6.45) is 0. The van der Waals surface area contributed by atoms with Crippen molar-refractivity contribution in [2.24, 2.45) is 5.73 Å². The Hall–Kier alpha value is 0.274. The van der Waals surface area contributed by atoms with E-state index in [1.807, 2.05) is 13.8 Å². The first-order valence-electron chi connectivity index (χ1n) is 8.17. The van der Waals surface area contributed by atoms with Crippen LogP contribution in [-0.2, 0) is 13.3 Å². The molecule has 0 aromatic rings. The van der Waals surface area contributed by atoms with Crippen molar-refractivity contribution in [1.29, 1.82) is 0 Å². The van der Waals surface area contributed by atoms with Crippen LogP contribution in [-0.4, -0.2) is 42.4 Å². The molecule has 1 unspecified atom stereocenters. The fourth-order valence-corrected chi connectivity index (χ4v) is 8.65. The van der Waals surface area contributed by atoms with E-state index in [1.54, 1.807) is 0 Å². The van der Waals surface area contributed by atoms with Crippen LogP contribution in [0.25, 0.3) is 0 Å². The highest BCUT2D eigenvalue weighted by Crippen LogP contribution is 2.25. The molecule has 0 heterocycles. The van der Waals surface area contributed by atoms with E-state index in [-0.39, 0.29) is 5.67 Å². The Morgan fingerprint density at radius 1 is 0.750 bits per heavy atom. The van der Waals surface area contributed by atoms with Crippen molar-refractivity contribution < 1.29 is 13.3 Å². The molecule has 122 valence electrons. The summed E-state index contributed by atoms with van der Waals surface area (Å²) >= 11 is 0. The van der Waals surface area contributed by atoms with Crippen LogP contribution in [0.4, 0.5) is 0 Å². The summed E-state index contributed by atoms with van der Waals surface area (Å²) < 4.78 is 17.8. The van der Waals surface area contributed by atoms with Gasteiger partial charge in [0.1, 0.15) is 0 Å². The van der Waals surface area contributed by atoms with Crippen molar-refractivity contribution in [2.75, 3.05) is 19.8 Å². The highest BCUT2D eigenvalue weighted by molar-refractivity contribution is 6.81. The van der Waals surface area contributed by atoms with E-state index < -0.39 is 16.9 Å². The molecule has 0 aromatic carbocycles. The van der Waals surface area contributed by atoms with Crippen LogP contribution in [0.1, 0.15) is 41.5 Å². The molecule has 0 aliphatic rings. The minimum Gasteiger partial charge on any atom is -0.374 e. The fraction of sp³-hybridized carbons (Fsp3) is 1.00. The largest absolute Gasteiger partial charge is 0.500 e. The van der Waals surface area contributed by atoms with Crippen LogP contribution in [0, 0.1) is 0 Å². The van der Waals surface area contributed by atoms with Crippen LogP contribution < -0.4 is 5.73 Å². The Balaban J connectivity index is 4.75. The predicted molar refractivity (Wildman–Crippen MR) is 90.6 cm³/mol. The molecular formula is C14H35NO3Si2. The maximum absolute atomic E-state index is 6.49. The van der Waals surface area contributed by atoms with E-state index in [1.165, 1.54) is 18.1 Å². The van der Waals surface area contributed by atoms with Gasteiger partial charge in [-0.15, -0.1) is 0 Å². The van der Waals surface area contributed by atoms with Gasteiger partial charge in [-0.3, -0.25) is 0 Å². The van der Waals surface area contributed by atoms with Crippen LogP contribution in [0.2, 0.25) is 24.2 Å².